The summed E-state index contributed by atoms with van der Waals surface area (Å²) in [6, 6.07) is 0. The molecule has 0 radical (unpaired) electrons. The Hall–Kier alpha value is -0.0400. The second-order valence-electron chi connectivity index (χ2n) is 5.56. The third kappa shape index (κ3) is 4.08. The molecule has 16 heavy (non-hydrogen) atoms. The van der Waals surface area contributed by atoms with Crippen molar-refractivity contribution < 1.29 is 0 Å². The van der Waals surface area contributed by atoms with E-state index in [-0.39, 0.29) is 0 Å². The number of hydrogen-bond acceptors (Lipinski definition) is 1. The molecule has 1 N–H and O–H groups in total. The first-order chi connectivity index (χ1) is 7.76. The van der Waals surface area contributed by atoms with Gasteiger partial charge in [0.05, 0.1) is 0 Å². The van der Waals surface area contributed by atoms with Gasteiger partial charge in [-0.1, -0.05) is 52.9 Å². The summed E-state index contributed by atoms with van der Waals surface area (Å²) in [5.41, 5.74) is 0.425. The van der Waals surface area contributed by atoms with Crippen LogP contribution in [0.25, 0.3) is 0 Å². The Balaban J connectivity index is 2.21. The molecule has 0 saturated heterocycles. The van der Waals surface area contributed by atoms with Crippen molar-refractivity contribution in [3.8, 4) is 0 Å². The minimum atomic E-state index is 0.425. The van der Waals surface area contributed by atoms with Gasteiger partial charge in [-0.2, -0.15) is 0 Å². The van der Waals surface area contributed by atoms with E-state index in [4.69, 9.17) is 0 Å². The lowest BCUT2D eigenvalue weighted by Gasteiger charge is -2.33. The van der Waals surface area contributed by atoms with E-state index in [1.807, 2.05) is 0 Å². The molecule has 0 bridgehead atoms. The Bertz CT molecular complexity index is 158. The molecule has 0 aliphatic heterocycles. The van der Waals surface area contributed by atoms with E-state index in [9.17, 15) is 0 Å². The van der Waals surface area contributed by atoms with Crippen LogP contribution in [-0.2, 0) is 0 Å². The van der Waals surface area contributed by atoms with E-state index in [1.54, 1.807) is 0 Å². The van der Waals surface area contributed by atoms with Crippen LogP contribution < -0.4 is 5.32 Å². The fraction of sp³-hybridized carbons (Fsp3) is 1.00. The van der Waals surface area contributed by atoms with E-state index in [0.717, 1.165) is 5.92 Å². The van der Waals surface area contributed by atoms with Gasteiger partial charge in [-0.05, 0) is 38.1 Å². The van der Waals surface area contributed by atoms with Crippen molar-refractivity contribution in [1.29, 1.82) is 0 Å². The molecule has 1 rings (SSSR count). The largest absolute Gasteiger partial charge is 0.311 e. The number of hydrogen-bond donors (Lipinski definition) is 1. The molecule has 1 aliphatic carbocycles. The highest BCUT2D eigenvalue weighted by atomic mass is 15.0. The van der Waals surface area contributed by atoms with E-state index in [0.29, 0.717) is 5.54 Å². The van der Waals surface area contributed by atoms with E-state index < -0.39 is 0 Å². The zero-order chi connectivity index (χ0) is 11.9. The highest BCUT2D eigenvalue weighted by Gasteiger charge is 2.23. The van der Waals surface area contributed by atoms with Crippen molar-refractivity contribution in [2.45, 2.75) is 84.1 Å². The average Bonchev–Trinajstić information content (AvgIpc) is 2.37. The Labute approximate surface area is 102 Å². The van der Waals surface area contributed by atoms with Crippen LogP contribution in [0.3, 0.4) is 0 Å². The standard InChI is InChI=1S/C15H31N/c1-4-15(5-2,6-3)16-13-12-14-10-8-7-9-11-14/h14,16H,4-13H2,1-3H3. The molecule has 0 aromatic heterocycles. The normalized spacial score (nSPS) is 18.9. The monoisotopic (exact) mass is 225 g/mol. The predicted octanol–water partition coefficient (Wildman–Crippen LogP) is 4.52. The Morgan fingerprint density at radius 3 is 2.00 bits per heavy atom. The molecule has 0 spiro atoms. The molecule has 1 fully saturated rings. The summed E-state index contributed by atoms with van der Waals surface area (Å²) in [6.45, 7) is 8.20. The molecule has 1 nitrogen and oxygen atoms in total. The van der Waals surface area contributed by atoms with Gasteiger partial charge in [0.15, 0.2) is 0 Å². The third-order valence-electron chi connectivity index (χ3n) is 4.81. The van der Waals surface area contributed by atoms with Gasteiger partial charge in [0, 0.05) is 5.54 Å². The van der Waals surface area contributed by atoms with Crippen LogP contribution in [0.4, 0.5) is 0 Å². The molecule has 0 aromatic rings. The summed E-state index contributed by atoms with van der Waals surface area (Å²) in [6.07, 6.45) is 12.6. The summed E-state index contributed by atoms with van der Waals surface area (Å²) >= 11 is 0. The van der Waals surface area contributed by atoms with Gasteiger partial charge < -0.3 is 5.32 Å². The van der Waals surface area contributed by atoms with Crippen molar-refractivity contribution in [2.24, 2.45) is 5.92 Å². The maximum Gasteiger partial charge on any atom is 0.0173 e. The molecule has 0 unspecified atom stereocenters. The van der Waals surface area contributed by atoms with E-state index >= 15 is 0 Å². The second-order valence-corrected chi connectivity index (χ2v) is 5.56. The Morgan fingerprint density at radius 1 is 0.938 bits per heavy atom. The molecule has 96 valence electrons. The summed E-state index contributed by atoms with van der Waals surface area (Å²) in [5.74, 6) is 1.02. The molecule has 0 amide bonds. The van der Waals surface area contributed by atoms with Gasteiger partial charge in [-0.25, -0.2) is 0 Å². The average molecular weight is 225 g/mol. The summed E-state index contributed by atoms with van der Waals surface area (Å²) in [5, 5.41) is 3.83. The SMILES string of the molecule is CCC(CC)(CC)NCCC1CCCCC1. The van der Waals surface area contributed by atoms with Gasteiger partial charge in [-0.3, -0.25) is 0 Å². The van der Waals surface area contributed by atoms with Crippen molar-refractivity contribution >= 4 is 0 Å². The van der Waals surface area contributed by atoms with Crippen LogP contribution in [0.1, 0.15) is 78.6 Å². The topological polar surface area (TPSA) is 12.0 Å². The fourth-order valence-corrected chi connectivity index (χ4v) is 3.14. The highest BCUT2D eigenvalue weighted by Crippen LogP contribution is 2.26. The smallest absolute Gasteiger partial charge is 0.0173 e. The van der Waals surface area contributed by atoms with Crippen molar-refractivity contribution in [3.05, 3.63) is 0 Å². The first-order valence-electron chi connectivity index (χ1n) is 7.51. The van der Waals surface area contributed by atoms with Gasteiger partial charge in [0.2, 0.25) is 0 Å². The minimum absolute atomic E-state index is 0.425. The van der Waals surface area contributed by atoms with Gasteiger partial charge in [0.25, 0.3) is 0 Å². The van der Waals surface area contributed by atoms with Crippen molar-refractivity contribution in [2.75, 3.05) is 6.54 Å². The fourth-order valence-electron chi connectivity index (χ4n) is 3.14. The zero-order valence-electron chi connectivity index (χ0n) is 11.6. The van der Waals surface area contributed by atoms with Crippen LogP contribution in [0.2, 0.25) is 0 Å². The quantitative estimate of drug-likeness (QED) is 0.672. The van der Waals surface area contributed by atoms with Crippen molar-refractivity contribution in [3.63, 3.8) is 0 Å². The Kier molecular flexibility index (Phi) is 6.41. The third-order valence-corrected chi connectivity index (χ3v) is 4.81. The summed E-state index contributed by atoms with van der Waals surface area (Å²) in [4.78, 5) is 0. The number of nitrogens with one attached hydrogen (secondary N) is 1. The van der Waals surface area contributed by atoms with E-state index in [2.05, 4.69) is 26.1 Å². The second kappa shape index (κ2) is 7.32. The first kappa shape index (κ1) is 14.0. The van der Waals surface area contributed by atoms with E-state index in [1.165, 1.54) is 64.3 Å². The molecule has 0 aromatic carbocycles. The minimum Gasteiger partial charge on any atom is -0.311 e. The molecule has 1 saturated carbocycles. The van der Waals surface area contributed by atoms with Crippen LogP contribution in [0.5, 0.6) is 0 Å². The van der Waals surface area contributed by atoms with Crippen LogP contribution >= 0.6 is 0 Å². The number of rotatable bonds is 7. The molecule has 0 heterocycles. The predicted molar refractivity (Wildman–Crippen MR) is 72.8 cm³/mol. The summed E-state index contributed by atoms with van der Waals surface area (Å²) in [7, 11) is 0. The first-order valence-corrected chi connectivity index (χ1v) is 7.51. The maximum atomic E-state index is 3.83. The maximum absolute atomic E-state index is 3.83. The van der Waals surface area contributed by atoms with Gasteiger partial charge >= 0.3 is 0 Å². The molecule has 0 atom stereocenters. The van der Waals surface area contributed by atoms with Crippen molar-refractivity contribution in [1.82, 2.24) is 5.32 Å². The lowest BCUT2D eigenvalue weighted by atomic mass is 9.86. The van der Waals surface area contributed by atoms with Crippen LogP contribution in [0.15, 0.2) is 0 Å². The zero-order valence-corrected chi connectivity index (χ0v) is 11.6. The molecular weight excluding hydrogens is 194 g/mol. The Morgan fingerprint density at radius 2 is 1.50 bits per heavy atom. The van der Waals surface area contributed by atoms with Crippen LogP contribution in [-0.4, -0.2) is 12.1 Å². The molecule has 1 heteroatoms. The van der Waals surface area contributed by atoms with Gasteiger partial charge in [-0.15, -0.1) is 0 Å². The molecular formula is C15H31N. The van der Waals surface area contributed by atoms with Crippen LogP contribution in [0, 0.1) is 5.92 Å². The lowest BCUT2D eigenvalue weighted by molar-refractivity contribution is 0.264. The van der Waals surface area contributed by atoms with Gasteiger partial charge in [0.1, 0.15) is 0 Å². The lowest BCUT2D eigenvalue weighted by Crippen LogP contribution is -2.44. The highest BCUT2D eigenvalue weighted by molar-refractivity contribution is 4.84. The molecule has 1 aliphatic rings. The summed E-state index contributed by atoms with van der Waals surface area (Å²) < 4.78 is 0.